The van der Waals surface area contributed by atoms with Gasteiger partial charge in [-0.3, -0.25) is 14.6 Å². The number of H-pyrrole nitrogens is 1. The quantitative estimate of drug-likeness (QED) is 0.340. The molecule has 0 bridgehead atoms. The molecule has 92 valence electrons. The lowest BCUT2D eigenvalue weighted by atomic mass is 10.6. The van der Waals surface area contributed by atoms with Crippen LogP contribution in [-0.2, 0) is 4.79 Å². The minimum atomic E-state index is -1.22. The largest absolute Gasteiger partial charge is 0.480 e. The molecule has 0 atom stereocenters. The van der Waals surface area contributed by atoms with Gasteiger partial charge in [-0.1, -0.05) is 0 Å². The second-order valence-corrected chi connectivity index (χ2v) is 2.81. The highest BCUT2D eigenvalue weighted by Gasteiger charge is 2.03. The van der Waals surface area contributed by atoms with E-state index in [0.717, 1.165) is 0 Å². The Hall–Kier alpha value is -2.65. The number of halogens is 1. The minimum absolute atomic E-state index is 0.416. The number of hydrogen-bond acceptors (Lipinski definition) is 4. The van der Waals surface area contributed by atoms with Crippen LogP contribution in [0.2, 0.25) is 0 Å². The van der Waals surface area contributed by atoms with Gasteiger partial charge in [0.15, 0.2) is 0 Å². The Morgan fingerprint density at radius 3 is 2.88 bits per heavy atom. The Morgan fingerprint density at radius 2 is 2.29 bits per heavy atom. The molecule has 1 heterocycles. The van der Waals surface area contributed by atoms with E-state index in [9.17, 15) is 18.8 Å². The number of nitrogens with zero attached hydrogens (tertiary/aromatic N) is 2. The summed E-state index contributed by atoms with van der Waals surface area (Å²) >= 11 is 0. The number of hydrogen-bond donors (Lipinski definition) is 4. The van der Waals surface area contributed by atoms with Gasteiger partial charge in [-0.2, -0.15) is 9.07 Å². The van der Waals surface area contributed by atoms with E-state index in [0.29, 0.717) is 10.9 Å². The highest BCUT2D eigenvalue weighted by Crippen LogP contribution is 1.82. The maximum atomic E-state index is 12.8. The second kappa shape index (κ2) is 4.92. The second-order valence-electron chi connectivity index (χ2n) is 2.81. The number of rotatable bonds is 3. The SMILES string of the molecule is NC(=Nn1cc(F)c(=O)[nH]c1=O)NCC(=O)O. The van der Waals surface area contributed by atoms with Gasteiger partial charge in [0, 0.05) is 0 Å². The molecule has 0 radical (unpaired) electrons. The van der Waals surface area contributed by atoms with Gasteiger partial charge >= 0.3 is 11.7 Å². The summed E-state index contributed by atoms with van der Waals surface area (Å²) in [6.45, 7) is -0.518. The number of guanidine groups is 1. The Balaban J connectivity index is 2.98. The van der Waals surface area contributed by atoms with Crippen LogP contribution in [0.5, 0.6) is 0 Å². The zero-order valence-corrected chi connectivity index (χ0v) is 8.31. The summed E-state index contributed by atoms with van der Waals surface area (Å²) in [4.78, 5) is 33.6. The van der Waals surface area contributed by atoms with Crippen molar-refractivity contribution >= 4 is 11.9 Å². The van der Waals surface area contributed by atoms with Crippen molar-refractivity contribution in [1.29, 1.82) is 0 Å². The smallest absolute Gasteiger partial charge is 0.349 e. The fourth-order valence-electron chi connectivity index (χ4n) is 0.831. The van der Waals surface area contributed by atoms with Gasteiger partial charge < -0.3 is 16.2 Å². The first-order chi connectivity index (χ1) is 7.90. The molecule has 1 aromatic rings. The normalized spacial score (nSPS) is 11.2. The molecular formula is C7H8FN5O4. The molecule has 0 aliphatic heterocycles. The van der Waals surface area contributed by atoms with Gasteiger partial charge in [0.05, 0.1) is 6.20 Å². The minimum Gasteiger partial charge on any atom is -0.480 e. The zero-order chi connectivity index (χ0) is 13.0. The predicted octanol–water partition coefficient (Wildman–Crippen LogP) is -2.57. The number of aromatic amines is 1. The third kappa shape index (κ3) is 3.44. The van der Waals surface area contributed by atoms with Crippen molar-refractivity contribution in [2.75, 3.05) is 6.54 Å². The summed E-state index contributed by atoms with van der Waals surface area (Å²) in [5.74, 6) is -2.83. The standard InChI is InChI=1S/C7H8FN5O4/c8-3-2-13(7(17)11-5(3)16)12-6(9)10-1-4(14)15/h2H,1H2,(H,14,15)(H3,9,10,12)(H,11,16,17). The lowest BCUT2D eigenvalue weighted by molar-refractivity contribution is -0.135. The van der Waals surface area contributed by atoms with Crippen molar-refractivity contribution in [3.05, 3.63) is 32.9 Å². The van der Waals surface area contributed by atoms with Gasteiger partial charge in [0.1, 0.15) is 6.54 Å². The lowest BCUT2D eigenvalue weighted by Crippen LogP contribution is -2.38. The van der Waals surface area contributed by atoms with Crippen molar-refractivity contribution in [1.82, 2.24) is 15.0 Å². The Morgan fingerprint density at radius 1 is 1.65 bits per heavy atom. The van der Waals surface area contributed by atoms with Crippen molar-refractivity contribution < 1.29 is 14.3 Å². The third-order valence-corrected chi connectivity index (χ3v) is 1.52. The van der Waals surface area contributed by atoms with Crippen molar-refractivity contribution in [3.8, 4) is 0 Å². The number of nitrogens with two attached hydrogens (primary N) is 1. The van der Waals surface area contributed by atoms with E-state index in [2.05, 4.69) is 10.4 Å². The van der Waals surface area contributed by atoms with Crippen LogP contribution >= 0.6 is 0 Å². The van der Waals surface area contributed by atoms with Gasteiger partial charge in [-0.05, 0) is 0 Å². The molecule has 10 heteroatoms. The lowest BCUT2D eigenvalue weighted by Gasteiger charge is -2.02. The summed E-state index contributed by atoms with van der Waals surface area (Å²) < 4.78 is 13.2. The molecule has 5 N–H and O–H groups in total. The van der Waals surface area contributed by atoms with Crippen molar-refractivity contribution in [2.24, 2.45) is 10.8 Å². The summed E-state index contributed by atoms with van der Waals surface area (Å²) in [6.07, 6.45) is 0.524. The average molecular weight is 245 g/mol. The number of aromatic nitrogens is 2. The third-order valence-electron chi connectivity index (χ3n) is 1.52. The van der Waals surface area contributed by atoms with E-state index in [-0.39, 0.29) is 0 Å². The number of carboxylic acids is 1. The first-order valence-corrected chi connectivity index (χ1v) is 4.21. The summed E-state index contributed by atoms with van der Waals surface area (Å²) in [6, 6.07) is 0. The Bertz CT molecular complexity index is 574. The maximum Gasteiger partial charge on any atom is 0.349 e. The molecular weight excluding hydrogens is 237 g/mol. The van der Waals surface area contributed by atoms with E-state index in [1.807, 2.05) is 0 Å². The zero-order valence-electron chi connectivity index (χ0n) is 8.31. The Labute approximate surface area is 92.4 Å². The molecule has 1 rings (SSSR count). The van der Waals surface area contributed by atoms with Crippen LogP contribution in [0.1, 0.15) is 0 Å². The summed E-state index contributed by atoms with van der Waals surface area (Å²) in [5.41, 5.74) is 3.03. The first-order valence-electron chi connectivity index (χ1n) is 4.21. The van der Waals surface area contributed by atoms with E-state index in [1.165, 1.54) is 0 Å². The molecule has 17 heavy (non-hydrogen) atoms. The highest BCUT2D eigenvalue weighted by atomic mass is 19.1. The average Bonchev–Trinajstić information content (AvgIpc) is 2.23. The van der Waals surface area contributed by atoms with E-state index in [1.54, 1.807) is 4.98 Å². The summed E-state index contributed by atoms with van der Waals surface area (Å²) in [7, 11) is 0. The highest BCUT2D eigenvalue weighted by molar-refractivity contribution is 5.82. The molecule has 9 nitrogen and oxygen atoms in total. The maximum absolute atomic E-state index is 12.8. The fourth-order valence-corrected chi connectivity index (χ4v) is 0.831. The van der Waals surface area contributed by atoms with Gasteiger partial charge in [0.2, 0.25) is 11.8 Å². The van der Waals surface area contributed by atoms with Crippen molar-refractivity contribution in [3.63, 3.8) is 0 Å². The van der Waals surface area contributed by atoms with Gasteiger partial charge in [-0.25, -0.2) is 4.79 Å². The van der Waals surface area contributed by atoms with Crippen LogP contribution in [0.4, 0.5) is 4.39 Å². The van der Waals surface area contributed by atoms with Crippen LogP contribution in [0.25, 0.3) is 0 Å². The molecule has 0 aromatic carbocycles. The Kier molecular flexibility index (Phi) is 3.59. The number of aliphatic carboxylic acids is 1. The summed E-state index contributed by atoms with van der Waals surface area (Å²) in [5, 5.41) is 13.8. The molecule has 0 amide bonds. The molecule has 0 spiro atoms. The molecule has 0 aliphatic carbocycles. The molecule has 0 unspecified atom stereocenters. The van der Waals surface area contributed by atoms with E-state index >= 15 is 0 Å². The van der Waals surface area contributed by atoms with E-state index < -0.39 is 35.5 Å². The number of carboxylic acid groups (broad SMARTS) is 1. The van der Waals surface area contributed by atoms with Crippen LogP contribution in [0.15, 0.2) is 20.9 Å². The number of nitrogens with one attached hydrogen (secondary N) is 2. The fraction of sp³-hybridized carbons (Fsp3) is 0.143. The monoisotopic (exact) mass is 245 g/mol. The van der Waals surface area contributed by atoms with Crippen LogP contribution in [0, 0.1) is 5.82 Å². The predicted molar refractivity (Wildman–Crippen MR) is 53.9 cm³/mol. The van der Waals surface area contributed by atoms with Crippen LogP contribution < -0.4 is 22.3 Å². The molecule has 0 fully saturated rings. The molecule has 1 aromatic heterocycles. The topological polar surface area (TPSA) is 143 Å². The van der Waals surface area contributed by atoms with Crippen molar-refractivity contribution in [2.45, 2.75) is 0 Å². The van der Waals surface area contributed by atoms with Crippen LogP contribution in [0.3, 0.4) is 0 Å². The molecule has 0 saturated carbocycles. The first kappa shape index (κ1) is 12.4. The molecule has 0 aliphatic rings. The molecule has 0 saturated heterocycles. The van der Waals surface area contributed by atoms with Crippen LogP contribution in [-0.4, -0.2) is 33.2 Å². The van der Waals surface area contributed by atoms with Gasteiger partial charge in [-0.15, -0.1) is 5.10 Å². The number of carbonyl (C=O) groups is 1. The van der Waals surface area contributed by atoms with E-state index in [4.69, 9.17) is 10.8 Å². The van der Waals surface area contributed by atoms with Gasteiger partial charge in [0.25, 0.3) is 5.56 Å².